The van der Waals surface area contributed by atoms with Gasteiger partial charge in [0.05, 0.1) is 11.4 Å². The fourth-order valence-corrected chi connectivity index (χ4v) is 2.03. The molecule has 64 valence electrons. The Morgan fingerprint density at radius 1 is 1.50 bits per heavy atom. The summed E-state index contributed by atoms with van der Waals surface area (Å²) >= 11 is 1.58. The number of hydrogen-bond donors (Lipinski definition) is 0. The van der Waals surface area contributed by atoms with Crippen LogP contribution in [0, 0.1) is 6.92 Å². The largest absolute Gasteiger partial charge is 0.222 e. The van der Waals surface area contributed by atoms with Crippen LogP contribution in [0.25, 0.3) is 4.96 Å². The molecule has 0 aliphatic carbocycles. The summed E-state index contributed by atoms with van der Waals surface area (Å²) in [5.41, 5.74) is 4.15. The molecule has 0 saturated heterocycles. The van der Waals surface area contributed by atoms with Gasteiger partial charge in [-0.25, -0.2) is 9.50 Å². The van der Waals surface area contributed by atoms with E-state index in [2.05, 4.69) is 30.9 Å². The molecule has 0 atom stereocenters. The molecule has 2 aromatic rings. The summed E-state index contributed by atoms with van der Waals surface area (Å²) in [6.45, 7) is 6.37. The van der Waals surface area contributed by atoms with Crippen molar-refractivity contribution in [2.24, 2.45) is 0 Å². The van der Waals surface area contributed by atoms with Crippen LogP contribution in [0.1, 0.15) is 31.2 Å². The number of imidazole rings is 1. The van der Waals surface area contributed by atoms with Crippen LogP contribution >= 0.6 is 11.3 Å². The number of aryl methyl sites for hydroxylation is 1. The predicted molar refractivity (Wildman–Crippen MR) is 49.7 cm³/mol. The van der Waals surface area contributed by atoms with Gasteiger partial charge in [-0.05, 0) is 12.8 Å². The Morgan fingerprint density at radius 3 is 2.83 bits per heavy atom. The molecule has 0 aromatic carbocycles. The normalized spacial score (nSPS) is 11.7. The Hall–Kier alpha value is -0.900. The van der Waals surface area contributed by atoms with E-state index in [0.29, 0.717) is 5.92 Å². The van der Waals surface area contributed by atoms with Crippen LogP contribution in [0.3, 0.4) is 0 Å². The van der Waals surface area contributed by atoms with Crippen molar-refractivity contribution < 1.29 is 0 Å². The van der Waals surface area contributed by atoms with E-state index in [-0.39, 0.29) is 0 Å². The average Bonchev–Trinajstić information content (AvgIpc) is 2.53. The molecule has 0 aliphatic heterocycles. The molecule has 0 spiro atoms. The van der Waals surface area contributed by atoms with E-state index in [0.717, 1.165) is 10.7 Å². The van der Waals surface area contributed by atoms with Gasteiger partial charge < -0.3 is 0 Å². The first-order valence-electron chi connectivity index (χ1n) is 3.99. The maximum Gasteiger partial charge on any atom is 0.212 e. The Balaban J connectivity index is 2.70. The fourth-order valence-electron chi connectivity index (χ4n) is 1.36. The number of nitrogens with zero attached hydrogens (tertiary/aromatic N) is 3. The van der Waals surface area contributed by atoms with Gasteiger partial charge in [0.2, 0.25) is 4.96 Å². The van der Waals surface area contributed by atoms with Crippen LogP contribution in [-0.4, -0.2) is 14.6 Å². The first kappa shape index (κ1) is 7.73. The molecule has 2 rings (SSSR count). The highest BCUT2D eigenvalue weighted by Crippen LogP contribution is 2.20. The van der Waals surface area contributed by atoms with E-state index < -0.39 is 0 Å². The van der Waals surface area contributed by atoms with Crippen LogP contribution in [0.5, 0.6) is 0 Å². The molecule has 0 aliphatic rings. The van der Waals surface area contributed by atoms with Gasteiger partial charge in [0.25, 0.3) is 0 Å². The highest BCUT2D eigenvalue weighted by Gasteiger charge is 2.12. The van der Waals surface area contributed by atoms with Crippen molar-refractivity contribution in [3.8, 4) is 0 Å². The van der Waals surface area contributed by atoms with Crippen molar-refractivity contribution >= 4 is 16.3 Å². The molecule has 0 unspecified atom stereocenters. The van der Waals surface area contributed by atoms with E-state index in [1.54, 1.807) is 11.3 Å². The Morgan fingerprint density at radius 2 is 2.25 bits per heavy atom. The molecule has 3 nitrogen and oxygen atoms in total. The van der Waals surface area contributed by atoms with Crippen LogP contribution in [0.4, 0.5) is 0 Å². The van der Waals surface area contributed by atoms with Crippen molar-refractivity contribution in [3.63, 3.8) is 0 Å². The summed E-state index contributed by atoms with van der Waals surface area (Å²) in [7, 11) is 0. The maximum atomic E-state index is 4.49. The molecular weight excluding hydrogens is 170 g/mol. The summed E-state index contributed by atoms with van der Waals surface area (Å²) in [6, 6.07) is 0. The zero-order chi connectivity index (χ0) is 8.72. The molecule has 0 bridgehead atoms. The van der Waals surface area contributed by atoms with Crippen molar-refractivity contribution in [3.05, 3.63) is 16.9 Å². The molecule has 0 N–H and O–H groups in total. The van der Waals surface area contributed by atoms with Gasteiger partial charge in [0.15, 0.2) is 0 Å². The molecule has 2 heterocycles. The topological polar surface area (TPSA) is 30.2 Å². The SMILES string of the molecule is Cc1c(C(C)C)nc2scnn12. The lowest BCUT2D eigenvalue weighted by atomic mass is 10.1. The molecule has 0 saturated carbocycles. The standard InChI is InChI=1S/C8H11N3S/c1-5(2)7-6(3)11-8(10-7)12-4-9-11/h4-5H,1-3H3. The minimum absolute atomic E-state index is 0.485. The third-order valence-electron chi connectivity index (χ3n) is 1.95. The monoisotopic (exact) mass is 181 g/mol. The summed E-state index contributed by atoms with van der Waals surface area (Å²) in [6.07, 6.45) is 0. The summed E-state index contributed by atoms with van der Waals surface area (Å²) in [5.74, 6) is 0.485. The number of fused-ring (bicyclic) bond motifs is 1. The second-order valence-corrected chi connectivity index (χ2v) is 3.98. The average molecular weight is 181 g/mol. The quantitative estimate of drug-likeness (QED) is 0.675. The van der Waals surface area contributed by atoms with E-state index >= 15 is 0 Å². The van der Waals surface area contributed by atoms with Crippen LogP contribution in [-0.2, 0) is 0 Å². The first-order valence-corrected chi connectivity index (χ1v) is 4.87. The Kier molecular flexibility index (Phi) is 1.65. The second kappa shape index (κ2) is 2.55. The van der Waals surface area contributed by atoms with Crippen LogP contribution < -0.4 is 0 Å². The molecular formula is C8H11N3S. The summed E-state index contributed by atoms with van der Waals surface area (Å²) in [4.78, 5) is 5.49. The molecule has 0 amide bonds. The van der Waals surface area contributed by atoms with Gasteiger partial charge in [-0.2, -0.15) is 5.10 Å². The molecule has 0 fully saturated rings. The second-order valence-electron chi connectivity index (χ2n) is 3.17. The van der Waals surface area contributed by atoms with Crippen molar-refractivity contribution in [1.82, 2.24) is 14.6 Å². The van der Waals surface area contributed by atoms with Gasteiger partial charge in [0, 0.05) is 0 Å². The lowest BCUT2D eigenvalue weighted by molar-refractivity contribution is 0.810. The predicted octanol–water partition coefficient (Wildman–Crippen LogP) is 2.22. The minimum atomic E-state index is 0.485. The van der Waals surface area contributed by atoms with Gasteiger partial charge in [-0.3, -0.25) is 0 Å². The zero-order valence-electron chi connectivity index (χ0n) is 7.40. The van der Waals surface area contributed by atoms with E-state index in [1.165, 1.54) is 5.69 Å². The first-order chi connectivity index (χ1) is 5.70. The van der Waals surface area contributed by atoms with Crippen molar-refractivity contribution in [2.45, 2.75) is 26.7 Å². The molecule has 12 heavy (non-hydrogen) atoms. The molecule has 2 aromatic heterocycles. The van der Waals surface area contributed by atoms with Gasteiger partial charge in [0.1, 0.15) is 5.51 Å². The van der Waals surface area contributed by atoms with Gasteiger partial charge >= 0.3 is 0 Å². The van der Waals surface area contributed by atoms with E-state index in [9.17, 15) is 0 Å². The van der Waals surface area contributed by atoms with Crippen LogP contribution in [0.15, 0.2) is 5.51 Å². The summed E-state index contributed by atoms with van der Waals surface area (Å²) in [5, 5.41) is 4.19. The number of aromatic nitrogens is 3. The number of rotatable bonds is 1. The lowest BCUT2D eigenvalue weighted by Gasteiger charge is -1.99. The van der Waals surface area contributed by atoms with Gasteiger partial charge in [-0.1, -0.05) is 25.2 Å². The molecule has 0 radical (unpaired) electrons. The third-order valence-corrected chi connectivity index (χ3v) is 2.63. The van der Waals surface area contributed by atoms with E-state index in [1.807, 2.05) is 10.0 Å². The highest BCUT2D eigenvalue weighted by atomic mass is 32.1. The van der Waals surface area contributed by atoms with Crippen molar-refractivity contribution in [2.75, 3.05) is 0 Å². The number of hydrogen-bond acceptors (Lipinski definition) is 3. The minimum Gasteiger partial charge on any atom is -0.222 e. The maximum absolute atomic E-state index is 4.49. The Labute approximate surface area is 75.1 Å². The smallest absolute Gasteiger partial charge is 0.212 e. The van der Waals surface area contributed by atoms with Crippen molar-refractivity contribution in [1.29, 1.82) is 0 Å². The molecule has 4 heteroatoms. The zero-order valence-corrected chi connectivity index (χ0v) is 8.22. The van der Waals surface area contributed by atoms with Gasteiger partial charge in [-0.15, -0.1) is 0 Å². The Bertz CT molecular complexity index is 399. The van der Waals surface area contributed by atoms with Crippen LogP contribution in [0.2, 0.25) is 0 Å². The highest BCUT2D eigenvalue weighted by molar-refractivity contribution is 7.14. The third kappa shape index (κ3) is 0.948. The van der Waals surface area contributed by atoms with E-state index in [4.69, 9.17) is 0 Å². The lowest BCUT2D eigenvalue weighted by Crippen LogP contribution is -1.93. The summed E-state index contributed by atoms with van der Waals surface area (Å²) < 4.78 is 1.90. The fraction of sp³-hybridized carbons (Fsp3) is 0.500.